The summed E-state index contributed by atoms with van der Waals surface area (Å²) < 4.78 is 59.5. The standard InChI is InChI=1S/C24H31N3O6S2/c1-33-23-12-11-21(35(31,32)27-15-5-6-16-27)17-22(23)25-24(28)20-9-7-19(8-10-20)18-34(29,30)26-13-3-2-4-14-26/h7-12,17H,2-6,13-16,18H2,1H3,(H,25,28). The average Bonchev–Trinajstić information content (AvgIpc) is 3.41. The van der Waals surface area contributed by atoms with Crippen molar-refractivity contribution < 1.29 is 26.4 Å². The number of hydrogen-bond acceptors (Lipinski definition) is 6. The van der Waals surface area contributed by atoms with Crippen LogP contribution in [0.15, 0.2) is 47.4 Å². The smallest absolute Gasteiger partial charge is 0.255 e. The molecule has 35 heavy (non-hydrogen) atoms. The summed E-state index contributed by atoms with van der Waals surface area (Å²) in [6.07, 6.45) is 4.46. The Labute approximate surface area is 207 Å². The predicted octanol–water partition coefficient (Wildman–Crippen LogP) is 3.05. The van der Waals surface area contributed by atoms with Gasteiger partial charge in [0.25, 0.3) is 5.91 Å². The highest BCUT2D eigenvalue weighted by Gasteiger charge is 2.28. The minimum Gasteiger partial charge on any atom is -0.495 e. The number of amides is 1. The van der Waals surface area contributed by atoms with Crippen LogP contribution in [0.1, 0.15) is 48.0 Å². The van der Waals surface area contributed by atoms with E-state index in [1.165, 1.54) is 33.9 Å². The third-order valence-corrected chi connectivity index (χ3v) is 10.1. The van der Waals surface area contributed by atoms with Crippen LogP contribution in [0.4, 0.5) is 5.69 Å². The van der Waals surface area contributed by atoms with Crippen molar-refractivity contribution in [3.63, 3.8) is 0 Å². The van der Waals surface area contributed by atoms with Crippen LogP contribution >= 0.6 is 0 Å². The Morgan fingerprint density at radius 1 is 0.857 bits per heavy atom. The second kappa shape index (κ2) is 10.7. The van der Waals surface area contributed by atoms with Gasteiger partial charge >= 0.3 is 0 Å². The van der Waals surface area contributed by atoms with Crippen molar-refractivity contribution >= 4 is 31.6 Å². The summed E-state index contributed by atoms with van der Waals surface area (Å²) in [7, 11) is -5.61. The molecule has 1 amide bonds. The van der Waals surface area contributed by atoms with Crippen LogP contribution in [0.5, 0.6) is 5.75 Å². The van der Waals surface area contributed by atoms with Crippen LogP contribution in [0.25, 0.3) is 0 Å². The molecule has 0 aliphatic carbocycles. The number of ether oxygens (including phenoxy) is 1. The number of sulfonamides is 2. The number of rotatable bonds is 8. The molecule has 2 aliphatic rings. The van der Waals surface area contributed by atoms with Crippen LogP contribution < -0.4 is 10.1 Å². The minimum atomic E-state index is -3.65. The summed E-state index contributed by atoms with van der Waals surface area (Å²) in [5.41, 5.74) is 1.16. The van der Waals surface area contributed by atoms with E-state index in [0.29, 0.717) is 43.1 Å². The highest BCUT2D eigenvalue weighted by atomic mass is 32.2. The SMILES string of the molecule is COc1ccc(S(=O)(=O)N2CCCC2)cc1NC(=O)c1ccc(CS(=O)(=O)N2CCCCC2)cc1. The number of methoxy groups -OCH3 is 1. The molecule has 2 saturated heterocycles. The maximum atomic E-state index is 12.9. The first-order chi connectivity index (χ1) is 16.7. The molecule has 1 N–H and O–H groups in total. The van der Waals surface area contributed by atoms with Gasteiger partial charge in [0, 0.05) is 31.7 Å². The topological polar surface area (TPSA) is 113 Å². The Hall–Kier alpha value is -2.47. The predicted molar refractivity (Wildman–Crippen MR) is 133 cm³/mol. The Kier molecular flexibility index (Phi) is 7.80. The van der Waals surface area contributed by atoms with Crippen molar-refractivity contribution in [2.45, 2.75) is 42.8 Å². The van der Waals surface area contributed by atoms with Crippen LogP contribution in [0.3, 0.4) is 0 Å². The molecule has 0 unspecified atom stereocenters. The van der Waals surface area contributed by atoms with Crippen molar-refractivity contribution in [2.24, 2.45) is 0 Å². The molecule has 0 aromatic heterocycles. The first kappa shape index (κ1) is 25.6. The van der Waals surface area contributed by atoms with Crippen molar-refractivity contribution in [1.29, 1.82) is 0 Å². The molecule has 2 aliphatic heterocycles. The normalized spacial score (nSPS) is 17.9. The summed E-state index contributed by atoms with van der Waals surface area (Å²) in [5.74, 6) is -0.230. The van der Waals surface area contributed by atoms with Crippen LogP contribution in [-0.4, -0.2) is 64.6 Å². The molecule has 190 valence electrons. The number of hydrogen-bond donors (Lipinski definition) is 1. The second-order valence-corrected chi connectivity index (χ2v) is 12.7. The maximum absolute atomic E-state index is 12.9. The van der Waals surface area contributed by atoms with Gasteiger partial charge < -0.3 is 10.1 Å². The molecule has 4 rings (SSSR count). The molecule has 2 fully saturated rings. The zero-order chi connectivity index (χ0) is 25.1. The molecule has 9 nitrogen and oxygen atoms in total. The third kappa shape index (κ3) is 5.85. The molecule has 0 atom stereocenters. The van der Waals surface area contributed by atoms with Gasteiger partial charge in [-0.25, -0.2) is 21.1 Å². The van der Waals surface area contributed by atoms with Gasteiger partial charge in [0.15, 0.2) is 0 Å². The monoisotopic (exact) mass is 521 g/mol. The van der Waals surface area contributed by atoms with E-state index in [4.69, 9.17) is 4.74 Å². The van der Waals surface area contributed by atoms with E-state index in [1.807, 2.05) is 0 Å². The molecule has 2 aromatic rings. The zero-order valence-corrected chi connectivity index (χ0v) is 21.4. The molecule has 0 bridgehead atoms. The van der Waals surface area contributed by atoms with Gasteiger partial charge in [0.05, 0.1) is 23.4 Å². The third-order valence-electron chi connectivity index (χ3n) is 6.40. The highest BCUT2D eigenvalue weighted by Crippen LogP contribution is 2.30. The van der Waals surface area contributed by atoms with E-state index in [9.17, 15) is 21.6 Å². The first-order valence-electron chi connectivity index (χ1n) is 11.8. The lowest BCUT2D eigenvalue weighted by Gasteiger charge is -2.25. The van der Waals surface area contributed by atoms with E-state index in [1.54, 1.807) is 24.3 Å². The van der Waals surface area contributed by atoms with E-state index in [0.717, 1.165) is 32.1 Å². The van der Waals surface area contributed by atoms with E-state index in [2.05, 4.69) is 5.32 Å². The average molecular weight is 522 g/mol. The Balaban J connectivity index is 1.48. The molecule has 0 spiro atoms. The fourth-order valence-electron chi connectivity index (χ4n) is 4.41. The summed E-state index contributed by atoms with van der Waals surface area (Å²) in [6, 6.07) is 10.8. The number of nitrogens with zero attached hydrogens (tertiary/aromatic N) is 2. The van der Waals surface area contributed by atoms with Gasteiger partial charge in [-0.05, 0) is 61.6 Å². The van der Waals surface area contributed by atoms with Crippen molar-refractivity contribution in [3.8, 4) is 5.75 Å². The number of piperidine rings is 1. The van der Waals surface area contributed by atoms with Crippen molar-refractivity contribution in [3.05, 3.63) is 53.6 Å². The summed E-state index contributed by atoms with van der Waals surface area (Å²) in [5, 5.41) is 2.73. The van der Waals surface area contributed by atoms with E-state index in [-0.39, 0.29) is 16.3 Å². The quantitative estimate of drug-likeness (QED) is 0.571. The van der Waals surface area contributed by atoms with Gasteiger partial charge in [-0.1, -0.05) is 18.6 Å². The Bertz CT molecular complexity index is 1260. The molecule has 0 saturated carbocycles. The molecule has 11 heteroatoms. The lowest BCUT2D eigenvalue weighted by molar-refractivity contribution is 0.102. The number of carbonyl (C=O) groups is 1. The lowest BCUT2D eigenvalue weighted by Crippen LogP contribution is -2.36. The largest absolute Gasteiger partial charge is 0.495 e. The maximum Gasteiger partial charge on any atom is 0.255 e. The Morgan fingerprint density at radius 2 is 1.46 bits per heavy atom. The fraction of sp³-hybridized carbons (Fsp3) is 0.458. The Morgan fingerprint density at radius 3 is 2.09 bits per heavy atom. The number of benzene rings is 2. The van der Waals surface area contributed by atoms with Crippen molar-refractivity contribution in [2.75, 3.05) is 38.6 Å². The van der Waals surface area contributed by atoms with Crippen LogP contribution in [-0.2, 0) is 25.8 Å². The van der Waals surface area contributed by atoms with Crippen molar-refractivity contribution in [1.82, 2.24) is 8.61 Å². The fourth-order valence-corrected chi connectivity index (χ4v) is 7.57. The number of nitrogens with one attached hydrogen (secondary N) is 1. The van der Waals surface area contributed by atoms with Gasteiger partial charge in [0.2, 0.25) is 20.0 Å². The van der Waals surface area contributed by atoms with Gasteiger partial charge in [-0.15, -0.1) is 0 Å². The van der Waals surface area contributed by atoms with E-state index >= 15 is 0 Å². The first-order valence-corrected chi connectivity index (χ1v) is 14.8. The molecular weight excluding hydrogens is 490 g/mol. The zero-order valence-electron chi connectivity index (χ0n) is 19.8. The molecule has 2 heterocycles. The summed E-state index contributed by atoms with van der Waals surface area (Å²) in [4.78, 5) is 13.0. The van der Waals surface area contributed by atoms with Gasteiger partial charge in [-0.3, -0.25) is 4.79 Å². The number of carbonyl (C=O) groups excluding carboxylic acids is 1. The number of anilines is 1. The molecular formula is C24H31N3O6S2. The second-order valence-electron chi connectivity index (χ2n) is 8.84. The summed E-state index contributed by atoms with van der Waals surface area (Å²) >= 11 is 0. The molecule has 2 aromatic carbocycles. The summed E-state index contributed by atoms with van der Waals surface area (Å²) in [6.45, 7) is 2.07. The van der Waals surface area contributed by atoms with Crippen LogP contribution in [0.2, 0.25) is 0 Å². The lowest BCUT2D eigenvalue weighted by atomic mass is 10.1. The van der Waals surface area contributed by atoms with Gasteiger partial charge in [0.1, 0.15) is 5.75 Å². The molecule has 0 radical (unpaired) electrons. The van der Waals surface area contributed by atoms with Gasteiger partial charge in [-0.2, -0.15) is 4.31 Å². The minimum absolute atomic E-state index is 0.0915. The van der Waals surface area contributed by atoms with Crippen LogP contribution in [0, 0.1) is 0 Å². The van der Waals surface area contributed by atoms with E-state index < -0.39 is 26.0 Å². The highest BCUT2D eigenvalue weighted by molar-refractivity contribution is 7.89.